The van der Waals surface area contributed by atoms with E-state index in [2.05, 4.69) is 4.90 Å². The van der Waals surface area contributed by atoms with Crippen LogP contribution in [0.4, 0.5) is 4.39 Å². The highest BCUT2D eigenvalue weighted by Gasteiger charge is 2.35. The Labute approximate surface area is 62.2 Å². The molecule has 2 atom stereocenters. The number of halogens is 1. The third-order valence-electron chi connectivity index (χ3n) is 2.55. The van der Waals surface area contributed by atoms with Crippen molar-refractivity contribution in [1.82, 2.24) is 4.90 Å². The molecule has 0 aromatic rings. The Morgan fingerprint density at radius 1 is 1.60 bits per heavy atom. The van der Waals surface area contributed by atoms with E-state index >= 15 is 0 Å². The predicted molar refractivity (Wildman–Crippen MR) is 40.8 cm³/mol. The SMILES string of the molecule is C[C@@H]1CCN(C)CC1(C)F. The van der Waals surface area contributed by atoms with Crippen molar-refractivity contribution in [3.63, 3.8) is 0 Å². The van der Waals surface area contributed by atoms with E-state index < -0.39 is 5.67 Å². The van der Waals surface area contributed by atoms with Crippen molar-refractivity contribution in [2.24, 2.45) is 5.92 Å². The minimum Gasteiger partial charge on any atom is -0.303 e. The lowest BCUT2D eigenvalue weighted by Gasteiger charge is -2.37. The van der Waals surface area contributed by atoms with Crippen molar-refractivity contribution in [3.05, 3.63) is 0 Å². The first-order valence-electron chi connectivity index (χ1n) is 3.90. The fraction of sp³-hybridized carbons (Fsp3) is 1.00. The third kappa shape index (κ3) is 1.48. The maximum atomic E-state index is 13.5. The van der Waals surface area contributed by atoms with Gasteiger partial charge in [-0.05, 0) is 32.9 Å². The summed E-state index contributed by atoms with van der Waals surface area (Å²) in [5, 5.41) is 0. The minimum atomic E-state index is -0.965. The van der Waals surface area contributed by atoms with Gasteiger partial charge in [0, 0.05) is 6.54 Å². The average molecular weight is 145 g/mol. The van der Waals surface area contributed by atoms with Crippen LogP contribution < -0.4 is 0 Å². The molecule has 0 bridgehead atoms. The molecule has 0 amide bonds. The van der Waals surface area contributed by atoms with E-state index in [0.29, 0.717) is 6.54 Å². The molecule has 0 aliphatic carbocycles. The summed E-state index contributed by atoms with van der Waals surface area (Å²) in [6, 6.07) is 0. The molecular formula is C8H16FN. The van der Waals surface area contributed by atoms with E-state index in [4.69, 9.17) is 0 Å². The first-order chi connectivity index (χ1) is 4.52. The Bertz CT molecular complexity index is 122. The summed E-state index contributed by atoms with van der Waals surface area (Å²) in [6.07, 6.45) is 0.990. The van der Waals surface area contributed by atoms with Gasteiger partial charge in [0.1, 0.15) is 5.67 Å². The number of alkyl halides is 1. The van der Waals surface area contributed by atoms with Gasteiger partial charge < -0.3 is 4.90 Å². The number of piperidine rings is 1. The van der Waals surface area contributed by atoms with Crippen LogP contribution in [0.3, 0.4) is 0 Å². The molecule has 0 spiro atoms. The van der Waals surface area contributed by atoms with Gasteiger partial charge in [0.05, 0.1) is 0 Å². The van der Waals surface area contributed by atoms with Crippen LogP contribution in [-0.4, -0.2) is 30.7 Å². The van der Waals surface area contributed by atoms with Gasteiger partial charge in [0.25, 0.3) is 0 Å². The second kappa shape index (κ2) is 2.50. The monoisotopic (exact) mass is 145 g/mol. The largest absolute Gasteiger partial charge is 0.303 e. The van der Waals surface area contributed by atoms with E-state index in [0.717, 1.165) is 13.0 Å². The molecule has 0 saturated carbocycles. The summed E-state index contributed by atoms with van der Waals surface area (Å²) in [5.41, 5.74) is -0.965. The summed E-state index contributed by atoms with van der Waals surface area (Å²) in [7, 11) is 1.98. The summed E-state index contributed by atoms with van der Waals surface area (Å²) in [5.74, 6) is 0.226. The van der Waals surface area contributed by atoms with Crippen molar-refractivity contribution in [2.75, 3.05) is 20.1 Å². The summed E-state index contributed by atoms with van der Waals surface area (Å²) in [4.78, 5) is 2.06. The van der Waals surface area contributed by atoms with Crippen molar-refractivity contribution in [3.8, 4) is 0 Å². The Kier molecular flexibility index (Phi) is 1.99. The Morgan fingerprint density at radius 3 is 2.60 bits per heavy atom. The molecule has 1 saturated heterocycles. The first kappa shape index (κ1) is 7.99. The van der Waals surface area contributed by atoms with Crippen molar-refractivity contribution >= 4 is 0 Å². The molecule has 1 unspecified atom stereocenters. The van der Waals surface area contributed by atoms with Crippen LogP contribution in [0.15, 0.2) is 0 Å². The lowest BCUT2D eigenvalue weighted by Crippen LogP contribution is -2.46. The molecule has 0 aromatic carbocycles. The molecule has 1 fully saturated rings. The van der Waals surface area contributed by atoms with Gasteiger partial charge in [-0.1, -0.05) is 6.92 Å². The highest BCUT2D eigenvalue weighted by atomic mass is 19.1. The van der Waals surface area contributed by atoms with E-state index in [1.54, 1.807) is 6.92 Å². The predicted octanol–water partition coefficient (Wildman–Crippen LogP) is 1.69. The van der Waals surface area contributed by atoms with Crippen LogP contribution in [-0.2, 0) is 0 Å². The number of nitrogens with zero attached hydrogens (tertiary/aromatic N) is 1. The summed E-state index contributed by atoms with van der Waals surface area (Å²) in [6.45, 7) is 5.33. The normalized spacial score (nSPS) is 43.8. The number of likely N-dealkylation sites (tertiary alicyclic amines) is 1. The van der Waals surface area contributed by atoms with Gasteiger partial charge in [-0.25, -0.2) is 4.39 Å². The molecule has 1 nitrogen and oxygen atoms in total. The minimum absolute atomic E-state index is 0.226. The zero-order chi connectivity index (χ0) is 7.78. The lowest BCUT2D eigenvalue weighted by atomic mass is 9.86. The smallest absolute Gasteiger partial charge is 0.123 e. The Morgan fingerprint density at radius 2 is 2.20 bits per heavy atom. The van der Waals surface area contributed by atoms with E-state index in [1.807, 2.05) is 14.0 Å². The van der Waals surface area contributed by atoms with Crippen molar-refractivity contribution in [2.45, 2.75) is 25.9 Å². The number of hydrogen-bond donors (Lipinski definition) is 0. The molecule has 1 aliphatic heterocycles. The van der Waals surface area contributed by atoms with Crippen LogP contribution in [0.2, 0.25) is 0 Å². The molecule has 0 radical (unpaired) electrons. The highest BCUT2D eigenvalue weighted by Crippen LogP contribution is 2.29. The fourth-order valence-electron chi connectivity index (χ4n) is 1.48. The number of hydrogen-bond acceptors (Lipinski definition) is 1. The highest BCUT2D eigenvalue weighted by molar-refractivity contribution is 4.87. The van der Waals surface area contributed by atoms with Gasteiger partial charge in [0.15, 0.2) is 0 Å². The van der Waals surface area contributed by atoms with Gasteiger partial charge in [0.2, 0.25) is 0 Å². The fourth-order valence-corrected chi connectivity index (χ4v) is 1.48. The van der Waals surface area contributed by atoms with Crippen LogP contribution in [0, 0.1) is 5.92 Å². The molecule has 1 rings (SSSR count). The van der Waals surface area contributed by atoms with Crippen LogP contribution in [0.5, 0.6) is 0 Å². The van der Waals surface area contributed by atoms with Crippen LogP contribution in [0.25, 0.3) is 0 Å². The van der Waals surface area contributed by atoms with Crippen LogP contribution in [0.1, 0.15) is 20.3 Å². The molecule has 0 aromatic heterocycles. The molecular weight excluding hydrogens is 129 g/mol. The van der Waals surface area contributed by atoms with E-state index in [-0.39, 0.29) is 5.92 Å². The van der Waals surface area contributed by atoms with Gasteiger partial charge in [-0.2, -0.15) is 0 Å². The molecule has 60 valence electrons. The quantitative estimate of drug-likeness (QED) is 0.501. The molecule has 10 heavy (non-hydrogen) atoms. The average Bonchev–Trinajstić information content (AvgIpc) is 1.78. The molecule has 2 heteroatoms. The summed E-state index contributed by atoms with van der Waals surface area (Å²) < 4.78 is 13.5. The molecule has 0 N–H and O–H groups in total. The van der Waals surface area contributed by atoms with Gasteiger partial charge in [-0.15, -0.1) is 0 Å². The Balaban J connectivity index is 2.55. The maximum absolute atomic E-state index is 13.5. The first-order valence-corrected chi connectivity index (χ1v) is 3.90. The second-order valence-corrected chi connectivity index (χ2v) is 3.71. The van der Waals surface area contributed by atoms with Crippen molar-refractivity contribution < 1.29 is 4.39 Å². The van der Waals surface area contributed by atoms with Gasteiger partial charge >= 0.3 is 0 Å². The van der Waals surface area contributed by atoms with Crippen molar-refractivity contribution in [1.29, 1.82) is 0 Å². The summed E-state index contributed by atoms with van der Waals surface area (Å²) >= 11 is 0. The van der Waals surface area contributed by atoms with E-state index in [1.165, 1.54) is 0 Å². The Hall–Kier alpha value is -0.110. The zero-order valence-electron chi connectivity index (χ0n) is 7.02. The third-order valence-corrected chi connectivity index (χ3v) is 2.55. The maximum Gasteiger partial charge on any atom is 0.123 e. The molecule has 1 heterocycles. The standard InChI is InChI=1S/C8H16FN/c1-7-4-5-10(3)6-8(7,2)9/h7H,4-6H2,1-3H3/t7-,8?/m1/s1. The lowest BCUT2D eigenvalue weighted by molar-refractivity contribution is 0.0250. The zero-order valence-corrected chi connectivity index (χ0v) is 7.02. The topological polar surface area (TPSA) is 3.24 Å². The van der Waals surface area contributed by atoms with Crippen LogP contribution >= 0.6 is 0 Å². The second-order valence-electron chi connectivity index (χ2n) is 3.71. The molecule has 1 aliphatic rings. The van der Waals surface area contributed by atoms with E-state index in [9.17, 15) is 4.39 Å². The number of rotatable bonds is 0. The van der Waals surface area contributed by atoms with Gasteiger partial charge in [-0.3, -0.25) is 0 Å².